The molecule has 18 heavy (non-hydrogen) atoms. The molecule has 0 aliphatic carbocycles. The molecular weight excluding hydrogens is 363 g/mol. The van der Waals surface area contributed by atoms with Gasteiger partial charge in [-0.1, -0.05) is 29.8 Å². The SMILES string of the molecule is C[C@@H](O)c1ccc(Oc2ccccc2I)c(Cl)c1. The van der Waals surface area contributed by atoms with Crippen molar-refractivity contribution in [2.75, 3.05) is 0 Å². The third kappa shape index (κ3) is 3.16. The summed E-state index contributed by atoms with van der Waals surface area (Å²) in [6, 6.07) is 13.0. The molecule has 4 heteroatoms. The molecular formula is C14H12ClIO2. The van der Waals surface area contributed by atoms with Gasteiger partial charge in [0.25, 0.3) is 0 Å². The van der Waals surface area contributed by atoms with E-state index in [1.165, 1.54) is 0 Å². The van der Waals surface area contributed by atoms with Gasteiger partial charge in [0.05, 0.1) is 14.7 Å². The summed E-state index contributed by atoms with van der Waals surface area (Å²) >= 11 is 8.35. The maximum atomic E-state index is 9.47. The van der Waals surface area contributed by atoms with Gasteiger partial charge >= 0.3 is 0 Å². The van der Waals surface area contributed by atoms with Crippen LogP contribution in [0.25, 0.3) is 0 Å². The van der Waals surface area contributed by atoms with Gasteiger partial charge in [0.1, 0.15) is 11.5 Å². The van der Waals surface area contributed by atoms with E-state index in [-0.39, 0.29) is 0 Å². The molecule has 2 aromatic carbocycles. The second-order valence-corrected chi connectivity index (χ2v) is 5.47. The highest BCUT2D eigenvalue weighted by atomic mass is 127. The van der Waals surface area contributed by atoms with Gasteiger partial charge in [0.2, 0.25) is 0 Å². The zero-order valence-corrected chi connectivity index (χ0v) is 12.6. The number of hydrogen-bond acceptors (Lipinski definition) is 2. The molecule has 0 aliphatic rings. The number of rotatable bonds is 3. The van der Waals surface area contributed by atoms with Crippen LogP contribution in [0.4, 0.5) is 0 Å². The largest absolute Gasteiger partial charge is 0.455 e. The molecule has 0 saturated heterocycles. The molecule has 0 bridgehead atoms. The van der Waals surface area contributed by atoms with Crippen LogP contribution in [0.1, 0.15) is 18.6 Å². The summed E-state index contributed by atoms with van der Waals surface area (Å²) in [4.78, 5) is 0. The summed E-state index contributed by atoms with van der Waals surface area (Å²) in [6.07, 6.45) is -0.534. The molecule has 0 aliphatic heterocycles. The van der Waals surface area contributed by atoms with Crippen LogP contribution in [0.2, 0.25) is 5.02 Å². The molecule has 0 saturated carbocycles. The highest BCUT2D eigenvalue weighted by molar-refractivity contribution is 14.1. The fourth-order valence-electron chi connectivity index (χ4n) is 1.51. The summed E-state index contributed by atoms with van der Waals surface area (Å²) in [6.45, 7) is 1.70. The Morgan fingerprint density at radius 2 is 1.89 bits per heavy atom. The molecule has 0 aromatic heterocycles. The number of aliphatic hydroxyl groups is 1. The molecule has 0 heterocycles. The minimum Gasteiger partial charge on any atom is -0.455 e. The van der Waals surface area contributed by atoms with Gasteiger partial charge in [-0.2, -0.15) is 0 Å². The Hall–Kier alpha value is -0.780. The molecule has 2 rings (SSSR count). The van der Waals surface area contributed by atoms with Crippen molar-refractivity contribution in [3.63, 3.8) is 0 Å². The van der Waals surface area contributed by atoms with Gasteiger partial charge in [-0.15, -0.1) is 0 Å². The topological polar surface area (TPSA) is 29.5 Å². The molecule has 0 amide bonds. The zero-order valence-electron chi connectivity index (χ0n) is 9.73. The first-order chi connectivity index (χ1) is 8.58. The predicted octanol–water partition coefficient (Wildman–Crippen LogP) is 4.79. The third-order valence-electron chi connectivity index (χ3n) is 2.49. The Balaban J connectivity index is 2.28. The Morgan fingerprint density at radius 1 is 1.17 bits per heavy atom. The van der Waals surface area contributed by atoms with E-state index >= 15 is 0 Å². The summed E-state index contributed by atoms with van der Waals surface area (Å²) in [5.74, 6) is 1.36. The van der Waals surface area contributed by atoms with Gasteiger partial charge in [0.15, 0.2) is 0 Å². The number of aliphatic hydroxyl groups excluding tert-OH is 1. The zero-order chi connectivity index (χ0) is 13.1. The lowest BCUT2D eigenvalue weighted by Crippen LogP contribution is -1.93. The monoisotopic (exact) mass is 374 g/mol. The molecule has 1 atom stereocenters. The number of hydrogen-bond donors (Lipinski definition) is 1. The average Bonchev–Trinajstić information content (AvgIpc) is 2.34. The van der Waals surface area contributed by atoms with Gasteiger partial charge in [-0.25, -0.2) is 0 Å². The van der Waals surface area contributed by atoms with Crippen molar-refractivity contribution in [3.05, 3.63) is 56.6 Å². The highest BCUT2D eigenvalue weighted by Crippen LogP contribution is 2.33. The molecule has 2 nitrogen and oxygen atoms in total. The third-order valence-corrected chi connectivity index (χ3v) is 3.68. The molecule has 0 unspecified atom stereocenters. The van der Waals surface area contributed by atoms with E-state index in [9.17, 15) is 5.11 Å². The standard InChI is InChI=1S/C14H12ClIO2/c1-9(17)10-6-7-13(11(15)8-10)18-14-5-3-2-4-12(14)16/h2-9,17H,1H3/t9-/m1/s1. The Kier molecular flexibility index (Phi) is 4.48. The normalized spacial score (nSPS) is 12.2. The second kappa shape index (κ2) is 5.91. The van der Waals surface area contributed by atoms with Gasteiger partial charge in [-0.3, -0.25) is 0 Å². The van der Waals surface area contributed by atoms with Crippen molar-refractivity contribution in [1.29, 1.82) is 0 Å². The van der Waals surface area contributed by atoms with Crippen LogP contribution in [0, 0.1) is 3.57 Å². The Labute approximate surface area is 125 Å². The lowest BCUT2D eigenvalue weighted by Gasteiger charge is -2.11. The van der Waals surface area contributed by atoms with E-state index in [4.69, 9.17) is 16.3 Å². The first-order valence-corrected chi connectivity index (χ1v) is 6.93. The van der Waals surface area contributed by atoms with E-state index < -0.39 is 6.10 Å². The first-order valence-electron chi connectivity index (χ1n) is 5.48. The lowest BCUT2D eigenvalue weighted by atomic mass is 10.1. The summed E-state index contributed by atoms with van der Waals surface area (Å²) in [5, 5.41) is 9.97. The fraction of sp³-hybridized carbons (Fsp3) is 0.143. The van der Waals surface area contributed by atoms with Crippen LogP contribution in [0.5, 0.6) is 11.5 Å². The highest BCUT2D eigenvalue weighted by Gasteiger charge is 2.08. The van der Waals surface area contributed by atoms with Crippen molar-refractivity contribution in [3.8, 4) is 11.5 Å². The predicted molar refractivity (Wildman–Crippen MR) is 81.3 cm³/mol. The van der Waals surface area contributed by atoms with Crippen molar-refractivity contribution < 1.29 is 9.84 Å². The van der Waals surface area contributed by atoms with Crippen LogP contribution in [0.15, 0.2) is 42.5 Å². The minimum absolute atomic E-state index is 0.494. The van der Waals surface area contributed by atoms with Crippen molar-refractivity contribution in [2.24, 2.45) is 0 Å². The quantitative estimate of drug-likeness (QED) is 0.783. The summed E-state index contributed by atoms with van der Waals surface area (Å²) in [5.41, 5.74) is 0.773. The second-order valence-electron chi connectivity index (χ2n) is 3.90. The van der Waals surface area contributed by atoms with E-state index in [1.807, 2.05) is 30.3 Å². The maximum absolute atomic E-state index is 9.47. The smallest absolute Gasteiger partial charge is 0.146 e. The van der Waals surface area contributed by atoms with Crippen molar-refractivity contribution in [1.82, 2.24) is 0 Å². The Morgan fingerprint density at radius 3 is 2.50 bits per heavy atom. The Bertz CT molecular complexity index is 555. The number of benzene rings is 2. The van der Waals surface area contributed by atoms with Crippen molar-refractivity contribution >= 4 is 34.2 Å². The van der Waals surface area contributed by atoms with Gasteiger partial charge < -0.3 is 9.84 Å². The van der Waals surface area contributed by atoms with E-state index in [0.717, 1.165) is 14.9 Å². The van der Waals surface area contributed by atoms with Crippen LogP contribution in [-0.2, 0) is 0 Å². The number of ether oxygens (including phenoxy) is 1. The number of halogens is 2. The van der Waals surface area contributed by atoms with Crippen molar-refractivity contribution in [2.45, 2.75) is 13.0 Å². The summed E-state index contributed by atoms with van der Waals surface area (Å²) < 4.78 is 6.77. The maximum Gasteiger partial charge on any atom is 0.146 e. The molecule has 0 spiro atoms. The molecule has 0 fully saturated rings. The molecule has 2 aromatic rings. The first kappa shape index (κ1) is 13.6. The average molecular weight is 375 g/mol. The minimum atomic E-state index is -0.534. The van der Waals surface area contributed by atoms with E-state index in [0.29, 0.717) is 10.8 Å². The fourth-order valence-corrected chi connectivity index (χ4v) is 2.23. The van der Waals surface area contributed by atoms with Gasteiger partial charge in [-0.05, 0) is 59.3 Å². The van der Waals surface area contributed by atoms with Crippen LogP contribution < -0.4 is 4.74 Å². The lowest BCUT2D eigenvalue weighted by molar-refractivity contribution is 0.199. The van der Waals surface area contributed by atoms with Crippen LogP contribution in [-0.4, -0.2) is 5.11 Å². The molecule has 0 radical (unpaired) electrons. The number of para-hydroxylation sites is 1. The molecule has 94 valence electrons. The van der Waals surface area contributed by atoms with Crippen LogP contribution >= 0.6 is 34.2 Å². The van der Waals surface area contributed by atoms with Crippen LogP contribution in [0.3, 0.4) is 0 Å². The molecule has 1 N–H and O–H groups in total. The van der Waals surface area contributed by atoms with Gasteiger partial charge in [0, 0.05) is 0 Å². The van der Waals surface area contributed by atoms with E-state index in [1.54, 1.807) is 19.1 Å². The summed E-state index contributed by atoms with van der Waals surface area (Å²) in [7, 11) is 0. The van der Waals surface area contributed by atoms with E-state index in [2.05, 4.69) is 22.6 Å².